The van der Waals surface area contributed by atoms with Gasteiger partial charge >= 0.3 is 84.2 Å². The molecule has 0 aliphatic heterocycles. The molecule has 0 N–H and O–H groups in total. The standard InChI is InChI=1S/Er.6FH.Yb/h;6*1H;/q+3;;;;;;;+3/p-6. The zero-order valence-electron chi connectivity index (χ0n) is 2.82. The molecule has 0 fully saturated rings. The van der Waals surface area contributed by atoms with E-state index in [1.165, 1.54) is 0 Å². The maximum Gasteiger partial charge on any atom is 3.00 e. The predicted octanol–water partition coefficient (Wildman–Crippen LogP) is -18.0. The summed E-state index contributed by atoms with van der Waals surface area (Å²) in [6, 6.07) is 0. The van der Waals surface area contributed by atoms with Crippen molar-refractivity contribution in [2.24, 2.45) is 0 Å². The van der Waals surface area contributed by atoms with Crippen LogP contribution in [0.1, 0.15) is 0 Å². The summed E-state index contributed by atoms with van der Waals surface area (Å²) in [6.07, 6.45) is 0. The first kappa shape index (κ1) is 164. The molecule has 68 valence electrons. The molecule has 0 aliphatic carbocycles. The predicted molar refractivity (Wildman–Crippen MR) is 0 cm³/mol. The third kappa shape index (κ3) is 81.8. The summed E-state index contributed by atoms with van der Waals surface area (Å²) >= 11 is 0. The molecule has 0 bridgehead atoms. The summed E-state index contributed by atoms with van der Waals surface area (Å²) in [4.78, 5) is 0. The molecule has 0 aromatic heterocycles. The molecule has 0 unspecified atom stereocenters. The van der Waals surface area contributed by atoms with Gasteiger partial charge < -0.3 is 28.2 Å². The van der Waals surface area contributed by atoms with Crippen molar-refractivity contribution < 1.29 is 112 Å². The van der Waals surface area contributed by atoms with Crippen LogP contribution >= 0.6 is 0 Å². The maximum absolute atomic E-state index is 0. The molecule has 0 rings (SSSR count). The van der Waals surface area contributed by atoms with E-state index in [0.29, 0.717) is 0 Å². The molecule has 0 aliphatic rings. The number of halogens is 6. The minimum Gasteiger partial charge on any atom is -1.00 e. The van der Waals surface area contributed by atoms with Crippen LogP contribution in [0.4, 0.5) is 0 Å². The second kappa shape index (κ2) is 118. The zero-order chi connectivity index (χ0) is 0. The van der Waals surface area contributed by atoms with Gasteiger partial charge in [0.2, 0.25) is 0 Å². The third-order valence-electron chi connectivity index (χ3n) is 0. The van der Waals surface area contributed by atoms with Gasteiger partial charge in [-0.05, 0) is 0 Å². The molecule has 0 heterocycles. The van der Waals surface area contributed by atoms with Crippen LogP contribution < -0.4 is 28.2 Å². The summed E-state index contributed by atoms with van der Waals surface area (Å²) in [5, 5.41) is 0. The smallest absolute Gasteiger partial charge is 1.00 e. The van der Waals surface area contributed by atoms with Crippen molar-refractivity contribution in [3.05, 3.63) is 0 Å². The minimum absolute atomic E-state index is 0. The fraction of sp³-hybridized carbons (Fsp3) is 0. The summed E-state index contributed by atoms with van der Waals surface area (Å²) in [5.74, 6) is 0. The summed E-state index contributed by atoms with van der Waals surface area (Å²) in [5.41, 5.74) is 0. The number of hydrogen-bond acceptors (Lipinski definition) is 0. The van der Waals surface area contributed by atoms with Crippen molar-refractivity contribution in [2.75, 3.05) is 0 Å². The fourth-order valence-corrected chi connectivity index (χ4v) is 0. The minimum atomic E-state index is 0. The van der Waals surface area contributed by atoms with E-state index in [0.717, 1.165) is 0 Å². The van der Waals surface area contributed by atoms with Crippen molar-refractivity contribution in [1.29, 1.82) is 0 Å². The maximum atomic E-state index is 0. The third-order valence-corrected chi connectivity index (χ3v) is 0. The van der Waals surface area contributed by atoms with E-state index in [9.17, 15) is 0 Å². The Bertz CT molecular complexity index is 8.49. The van der Waals surface area contributed by atoms with E-state index in [2.05, 4.69) is 0 Å². The van der Waals surface area contributed by atoms with Gasteiger partial charge in [0.15, 0.2) is 0 Å². The van der Waals surface area contributed by atoms with Crippen LogP contribution in [0.15, 0.2) is 0 Å². The van der Waals surface area contributed by atoms with Gasteiger partial charge in [-0.15, -0.1) is 0 Å². The van der Waals surface area contributed by atoms with Gasteiger partial charge in [-0.1, -0.05) is 0 Å². The molecular weight excluding hydrogens is 454 g/mol. The number of rotatable bonds is 0. The Morgan fingerprint density at radius 2 is 0.375 bits per heavy atom. The molecule has 0 saturated carbocycles. The van der Waals surface area contributed by atoms with Crippen LogP contribution in [0.25, 0.3) is 0 Å². The van der Waals surface area contributed by atoms with E-state index in [4.69, 9.17) is 0 Å². The van der Waals surface area contributed by atoms with Crippen molar-refractivity contribution in [3.8, 4) is 0 Å². The van der Waals surface area contributed by atoms with Crippen molar-refractivity contribution in [2.45, 2.75) is 0 Å². The Morgan fingerprint density at radius 1 is 0.375 bits per heavy atom. The van der Waals surface area contributed by atoms with E-state index in [-0.39, 0.29) is 112 Å². The van der Waals surface area contributed by atoms with Crippen molar-refractivity contribution >= 4 is 0 Å². The van der Waals surface area contributed by atoms with Crippen LogP contribution in [0.3, 0.4) is 0 Å². The largest absolute Gasteiger partial charge is 3.00 e. The van der Waals surface area contributed by atoms with Crippen LogP contribution in [0.2, 0.25) is 0 Å². The molecule has 0 nitrogen and oxygen atoms in total. The second-order valence-corrected chi connectivity index (χ2v) is 0. The monoisotopic (exact) mass is 454 g/mol. The molecule has 0 saturated heterocycles. The average Bonchev–Trinajstić information content (AvgIpc) is 0. The van der Waals surface area contributed by atoms with E-state index >= 15 is 0 Å². The molecule has 0 aromatic carbocycles. The van der Waals surface area contributed by atoms with Gasteiger partial charge in [0, 0.05) is 0 Å². The van der Waals surface area contributed by atoms with Crippen LogP contribution in [-0.4, -0.2) is 0 Å². The Morgan fingerprint density at radius 3 is 0.375 bits per heavy atom. The van der Waals surface area contributed by atoms with Gasteiger partial charge in [-0.3, -0.25) is 0 Å². The normalized spacial score (nSPS) is 0. The summed E-state index contributed by atoms with van der Waals surface area (Å²) in [7, 11) is 0. The van der Waals surface area contributed by atoms with Gasteiger partial charge in [-0.2, -0.15) is 0 Å². The van der Waals surface area contributed by atoms with E-state index < -0.39 is 0 Å². The summed E-state index contributed by atoms with van der Waals surface area (Å²) in [6.45, 7) is 0. The SMILES string of the molecule is [Er+3].[F-].[F-].[F-].[F-].[F-].[F-].[Yb+3]. The molecule has 0 atom stereocenters. The molecule has 2 radical (unpaired) electrons. The van der Waals surface area contributed by atoms with Crippen molar-refractivity contribution in [3.63, 3.8) is 0 Å². The van der Waals surface area contributed by atoms with Crippen LogP contribution in [0.5, 0.6) is 0 Å². The summed E-state index contributed by atoms with van der Waals surface area (Å²) < 4.78 is 0. The van der Waals surface area contributed by atoms with E-state index in [1.54, 1.807) is 0 Å². The van der Waals surface area contributed by atoms with Gasteiger partial charge in [0.05, 0.1) is 0 Å². The molecule has 8 heteroatoms. The van der Waals surface area contributed by atoms with E-state index in [1.807, 2.05) is 0 Å². The Balaban J connectivity index is 0. The first-order chi connectivity index (χ1) is 0. The molecular formula is ErF6Yb. The zero-order valence-corrected chi connectivity index (χ0v) is 6.39. The molecule has 0 spiro atoms. The first-order valence-electron chi connectivity index (χ1n) is 0. The second-order valence-electron chi connectivity index (χ2n) is 0. The molecule has 0 amide bonds. The quantitative estimate of drug-likeness (QED) is 0.319. The number of hydrogen-bond donors (Lipinski definition) is 0. The molecule has 8 heavy (non-hydrogen) atoms. The first-order valence-corrected chi connectivity index (χ1v) is 0. The molecule has 0 aromatic rings. The van der Waals surface area contributed by atoms with Gasteiger partial charge in [-0.25, -0.2) is 0 Å². The fourth-order valence-electron chi connectivity index (χ4n) is 0. The topological polar surface area (TPSA) is 0 Å². The van der Waals surface area contributed by atoms with Crippen molar-refractivity contribution in [1.82, 2.24) is 0 Å². The van der Waals surface area contributed by atoms with Gasteiger partial charge in [0.25, 0.3) is 0 Å². The Hall–Kier alpha value is 2.35. The Kier molecular flexibility index (Phi) is 2430. The average molecular weight is 454 g/mol. The Labute approximate surface area is 110 Å². The van der Waals surface area contributed by atoms with Gasteiger partial charge in [0.1, 0.15) is 0 Å². The van der Waals surface area contributed by atoms with Crippen LogP contribution in [-0.2, 0) is 0 Å². The van der Waals surface area contributed by atoms with Crippen LogP contribution in [0, 0.1) is 84.2 Å².